The van der Waals surface area contributed by atoms with E-state index in [1.54, 1.807) is 0 Å². The molecule has 0 aromatic heterocycles. The van der Waals surface area contributed by atoms with Crippen molar-refractivity contribution in [3.05, 3.63) is 29.3 Å². The minimum Gasteiger partial charge on any atom is -0.459 e. The number of nitrogens with one attached hydrogen (secondary N) is 1. The molecule has 1 N–H and O–H groups in total. The predicted octanol–water partition coefficient (Wildman–Crippen LogP) is 3.78. The number of fused-ring (bicyclic) bond motifs is 1. The molecule has 0 radical (unpaired) electrons. The second-order valence-electron chi connectivity index (χ2n) is 6.16. The molecule has 3 heteroatoms. The van der Waals surface area contributed by atoms with Crippen LogP contribution in [0.2, 0.25) is 0 Å². The number of hydrogen-bond donors (Lipinski definition) is 1. The molecule has 3 rings (SSSR count). The van der Waals surface area contributed by atoms with Gasteiger partial charge in [0.15, 0.2) is 0 Å². The van der Waals surface area contributed by atoms with Crippen LogP contribution in [0.15, 0.2) is 18.2 Å². The number of ether oxygens (including phenoxy) is 1. The summed E-state index contributed by atoms with van der Waals surface area (Å²) in [6.07, 6.45) is 6.62. The second kappa shape index (κ2) is 5.86. The highest BCUT2D eigenvalue weighted by Gasteiger charge is 2.25. The minimum atomic E-state index is -0.135. The monoisotopic (exact) mass is 273 g/mol. The van der Waals surface area contributed by atoms with Gasteiger partial charge in [0.05, 0.1) is 5.56 Å². The lowest BCUT2D eigenvalue weighted by Gasteiger charge is -2.27. The molecule has 2 aliphatic rings. The van der Waals surface area contributed by atoms with E-state index in [1.807, 2.05) is 18.2 Å². The molecule has 0 amide bonds. The smallest absolute Gasteiger partial charge is 0.338 e. The fraction of sp³-hybridized carbons (Fsp3) is 0.588. The van der Waals surface area contributed by atoms with Gasteiger partial charge in [-0.15, -0.1) is 0 Å². The van der Waals surface area contributed by atoms with Gasteiger partial charge in [-0.3, -0.25) is 0 Å². The number of anilines is 1. The third kappa shape index (κ3) is 2.82. The highest BCUT2D eigenvalue weighted by molar-refractivity contribution is 5.93. The molecule has 2 unspecified atom stereocenters. The van der Waals surface area contributed by atoms with Gasteiger partial charge in [-0.05, 0) is 55.7 Å². The summed E-state index contributed by atoms with van der Waals surface area (Å²) in [6, 6.07) is 5.89. The van der Waals surface area contributed by atoms with E-state index in [1.165, 1.54) is 12.8 Å². The molecule has 0 saturated heterocycles. The fourth-order valence-corrected chi connectivity index (χ4v) is 3.40. The number of esters is 1. The van der Waals surface area contributed by atoms with Crippen LogP contribution in [0.5, 0.6) is 0 Å². The van der Waals surface area contributed by atoms with Crippen LogP contribution in [0.1, 0.15) is 54.9 Å². The lowest BCUT2D eigenvalue weighted by Crippen LogP contribution is -2.25. The summed E-state index contributed by atoms with van der Waals surface area (Å²) in [5.41, 5.74) is 2.99. The Hall–Kier alpha value is -1.51. The van der Waals surface area contributed by atoms with Gasteiger partial charge in [0.2, 0.25) is 0 Å². The van der Waals surface area contributed by atoms with Gasteiger partial charge < -0.3 is 10.1 Å². The molecule has 108 valence electrons. The zero-order chi connectivity index (χ0) is 13.9. The number of hydrogen-bond acceptors (Lipinski definition) is 3. The summed E-state index contributed by atoms with van der Waals surface area (Å²) < 4.78 is 5.75. The molecule has 1 saturated carbocycles. The van der Waals surface area contributed by atoms with Gasteiger partial charge in [-0.25, -0.2) is 4.79 Å². The van der Waals surface area contributed by atoms with Gasteiger partial charge in [-0.2, -0.15) is 0 Å². The molecule has 1 aliphatic carbocycles. The van der Waals surface area contributed by atoms with Crippen LogP contribution in [-0.4, -0.2) is 18.6 Å². The van der Waals surface area contributed by atoms with E-state index < -0.39 is 0 Å². The van der Waals surface area contributed by atoms with E-state index >= 15 is 0 Å². The molecule has 20 heavy (non-hydrogen) atoms. The molecule has 1 aromatic carbocycles. The lowest BCUT2D eigenvalue weighted by molar-refractivity contribution is 0.0154. The van der Waals surface area contributed by atoms with Crippen molar-refractivity contribution < 1.29 is 9.53 Å². The summed E-state index contributed by atoms with van der Waals surface area (Å²) in [6.45, 7) is 3.24. The Kier molecular flexibility index (Phi) is 3.95. The number of benzene rings is 1. The Labute approximate surface area is 120 Å². The Morgan fingerprint density at radius 3 is 3.05 bits per heavy atom. The topological polar surface area (TPSA) is 38.3 Å². The summed E-state index contributed by atoms with van der Waals surface area (Å²) >= 11 is 0. The van der Waals surface area contributed by atoms with Crippen molar-refractivity contribution in [3.8, 4) is 0 Å². The number of carbonyl (C=O) groups excluding carboxylic acids is 1. The molecular formula is C17H23NO2. The Bertz CT molecular complexity index is 498. The Balaban J connectivity index is 1.74. The van der Waals surface area contributed by atoms with Crippen molar-refractivity contribution in [2.75, 3.05) is 11.9 Å². The van der Waals surface area contributed by atoms with Crippen molar-refractivity contribution in [3.63, 3.8) is 0 Å². The molecule has 0 spiro atoms. The van der Waals surface area contributed by atoms with E-state index in [-0.39, 0.29) is 12.1 Å². The molecule has 2 atom stereocenters. The molecule has 0 bridgehead atoms. The third-order valence-electron chi connectivity index (χ3n) is 4.48. The maximum Gasteiger partial charge on any atom is 0.338 e. The van der Waals surface area contributed by atoms with E-state index in [9.17, 15) is 4.79 Å². The van der Waals surface area contributed by atoms with Gasteiger partial charge in [0, 0.05) is 12.2 Å². The molecule has 1 aromatic rings. The summed E-state index contributed by atoms with van der Waals surface area (Å²) in [4.78, 5) is 12.4. The van der Waals surface area contributed by atoms with Gasteiger partial charge in [0.1, 0.15) is 6.10 Å². The van der Waals surface area contributed by atoms with Crippen LogP contribution in [0.25, 0.3) is 0 Å². The lowest BCUT2D eigenvalue weighted by atomic mass is 9.88. The van der Waals surface area contributed by atoms with E-state index in [0.29, 0.717) is 5.92 Å². The van der Waals surface area contributed by atoms with Crippen LogP contribution in [0.4, 0.5) is 5.69 Å². The predicted molar refractivity (Wildman–Crippen MR) is 80.1 cm³/mol. The average Bonchev–Trinajstić information content (AvgIpc) is 2.46. The zero-order valence-corrected chi connectivity index (χ0v) is 12.2. The first kappa shape index (κ1) is 13.5. The third-order valence-corrected chi connectivity index (χ3v) is 4.48. The van der Waals surface area contributed by atoms with Crippen molar-refractivity contribution in [1.82, 2.24) is 0 Å². The first-order chi connectivity index (χ1) is 9.74. The molecule has 1 fully saturated rings. The van der Waals surface area contributed by atoms with E-state index in [0.717, 1.165) is 49.0 Å². The maximum atomic E-state index is 12.4. The summed E-state index contributed by atoms with van der Waals surface area (Å²) in [5, 5.41) is 3.36. The van der Waals surface area contributed by atoms with Crippen molar-refractivity contribution >= 4 is 11.7 Å². The molecular weight excluding hydrogens is 250 g/mol. The fourth-order valence-electron chi connectivity index (χ4n) is 3.40. The van der Waals surface area contributed by atoms with Gasteiger partial charge >= 0.3 is 5.97 Å². The second-order valence-corrected chi connectivity index (χ2v) is 6.16. The molecule has 1 aliphatic heterocycles. The first-order valence-electron chi connectivity index (χ1n) is 7.81. The van der Waals surface area contributed by atoms with Crippen molar-refractivity contribution in [1.29, 1.82) is 0 Å². The number of carbonyl (C=O) groups is 1. The normalized spacial score (nSPS) is 25.4. The van der Waals surface area contributed by atoms with Crippen LogP contribution < -0.4 is 5.32 Å². The molecule has 1 heterocycles. The Morgan fingerprint density at radius 2 is 2.20 bits per heavy atom. The Morgan fingerprint density at radius 1 is 1.30 bits per heavy atom. The average molecular weight is 273 g/mol. The van der Waals surface area contributed by atoms with Gasteiger partial charge in [-0.1, -0.05) is 19.4 Å². The summed E-state index contributed by atoms with van der Waals surface area (Å²) in [7, 11) is 0. The highest BCUT2D eigenvalue weighted by atomic mass is 16.5. The SMILES string of the molecule is CC1CCCC(OC(=O)c2cccc3c2CCCN3)C1. The standard InChI is InChI=1S/C17H23NO2/c1-12-5-2-6-13(11-12)20-17(19)15-7-3-9-16-14(15)8-4-10-18-16/h3,7,9,12-13,18H,2,4-6,8,10-11H2,1H3. The van der Waals surface area contributed by atoms with Crippen LogP contribution >= 0.6 is 0 Å². The van der Waals surface area contributed by atoms with Crippen molar-refractivity contribution in [2.45, 2.75) is 51.6 Å². The van der Waals surface area contributed by atoms with E-state index in [4.69, 9.17) is 4.74 Å². The maximum absolute atomic E-state index is 12.4. The first-order valence-corrected chi connectivity index (χ1v) is 7.81. The van der Waals surface area contributed by atoms with Crippen LogP contribution in [0, 0.1) is 5.92 Å². The quantitative estimate of drug-likeness (QED) is 0.833. The van der Waals surface area contributed by atoms with Crippen molar-refractivity contribution in [2.24, 2.45) is 5.92 Å². The summed E-state index contributed by atoms with van der Waals surface area (Å²) in [5.74, 6) is 0.539. The van der Waals surface area contributed by atoms with Gasteiger partial charge in [0.25, 0.3) is 0 Å². The van der Waals surface area contributed by atoms with Crippen LogP contribution in [0.3, 0.4) is 0 Å². The number of rotatable bonds is 2. The largest absolute Gasteiger partial charge is 0.459 e. The van der Waals surface area contributed by atoms with Crippen LogP contribution in [-0.2, 0) is 11.2 Å². The zero-order valence-electron chi connectivity index (χ0n) is 12.2. The van der Waals surface area contributed by atoms with E-state index in [2.05, 4.69) is 12.2 Å². The molecule has 3 nitrogen and oxygen atoms in total. The highest BCUT2D eigenvalue weighted by Crippen LogP contribution is 2.29. The minimum absolute atomic E-state index is 0.110.